The first-order chi connectivity index (χ1) is 14.1. The molecule has 10 heteroatoms. The molecule has 3 aromatic rings. The second-order valence-electron chi connectivity index (χ2n) is 6.35. The molecule has 0 aliphatic heterocycles. The van der Waals surface area contributed by atoms with Gasteiger partial charge < -0.3 is 19.9 Å². The van der Waals surface area contributed by atoms with Crippen LogP contribution in [0.4, 0.5) is 0 Å². The quantitative estimate of drug-likeness (QED) is 0.180. The number of halogens is 2. The molecule has 0 saturated heterocycles. The Morgan fingerprint density at radius 3 is 2.67 bits per heavy atom. The molecule has 1 aromatic carbocycles. The summed E-state index contributed by atoms with van der Waals surface area (Å²) < 4.78 is 7.67. The number of guanidine groups is 1. The summed E-state index contributed by atoms with van der Waals surface area (Å²) in [6.07, 6.45) is 0.942. The van der Waals surface area contributed by atoms with Gasteiger partial charge in [0.15, 0.2) is 11.8 Å². The van der Waals surface area contributed by atoms with Crippen LogP contribution in [0, 0.1) is 6.92 Å². The first kappa shape index (κ1) is 24.4. The largest absolute Gasteiger partial charge is 0.490 e. The van der Waals surface area contributed by atoms with E-state index >= 15 is 0 Å². The summed E-state index contributed by atoms with van der Waals surface area (Å²) in [7, 11) is 1.94. The van der Waals surface area contributed by atoms with Crippen LogP contribution in [-0.4, -0.2) is 40.4 Å². The van der Waals surface area contributed by atoms with Crippen molar-refractivity contribution in [1.82, 2.24) is 25.4 Å². The lowest BCUT2D eigenvalue weighted by Gasteiger charge is -2.13. The van der Waals surface area contributed by atoms with E-state index in [0.29, 0.717) is 36.4 Å². The molecule has 7 nitrogen and oxygen atoms in total. The third-order valence-corrected chi connectivity index (χ3v) is 5.54. The van der Waals surface area contributed by atoms with Crippen molar-refractivity contribution in [3.05, 3.63) is 63.3 Å². The van der Waals surface area contributed by atoms with Crippen LogP contribution in [0.15, 0.2) is 46.8 Å². The molecule has 0 bridgehead atoms. The zero-order valence-corrected chi connectivity index (χ0v) is 20.9. The highest BCUT2D eigenvalue weighted by Crippen LogP contribution is 2.22. The fraction of sp³-hybridized carbons (Fsp3) is 0.350. The van der Waals surface area contributed by atoms with Crippen molar-refractivity contribution in [2.45, 2.75) is 19.9 Å². The van der Waals surface area contributed by atoms with Gasteiger partial charge in [-0.25, -0.2) is 4.99 Å². The van der Waals surface area contributed by atoms with Crippen LogP contribution in [0.2, 0.25) is 5.02 Å². The first-order valence-electron chi connectivity index (χ1n) is 9.40. The third-order valence-electron chi connectivity index (χ3n) is 4.29. The number of hydrogen-bond donors (Lipinski definition) is 2. The van der Waals surface area contributed by atoms with Gasteiger partial charge in [-0.05, 0) is 36.9 Å². The Morgan fingerprint density at radius 2 is 1.97 bits per heavy atom. The molecule has 3 rings (SSSR count). The first-order valence-corrected chi connectivity index (χ1v) is 10.7. The van der Waals surface area contributed by atoms with Gasteiger partial charge in [-0.3, -0.25) is 0 Å². The van der Waals surface area contributed by atoms with Gasteiger partial charge in [0.05, 0.1) is 11.6 Å². The van der Waals surface area contributed by atoms with Crippen LogP contribution >= 0.6 is 46.9 Å². The van der Waals surface area contributed by atoms with Gasteiger partial charge in [0.25, 0.3) is 0 Å². The summed E-state index contributed by atoms with van der Waals surface area (Å²) in [4.78, 5) is 5.98. The number of nitrogens with one attached hydrogen (secondary N) is 2. The molecular weight excluding hydrogens is 535 g/mol. The summed E-state index contributed by atoms with van der Waals surface area (Å²) in [5.41, 5.74) is 0. The van der Waals surface area contributed by atoms with E-state index in [4.69, 9.17) is 16.3 Å². The van der Waals surface area contributed by atoms with E-state index in [1.807, 2.05) is 42.8 Å². The van der Waals surface area contributed by atoms with Crippen LogP contribution in [0.3, 0.4) is 0 Å². The highest BCUT2D eigenvalue weighted by atomic mass is 127. The standard InChI is InChI=1S/C20H25ClN6OS.HI/c1-15-25-26-19(27(15)2)14-24-20(22-10-9-16-6-5-13-29-16)23-11-12-28-18-8-4-3-7-17(18)21;/h3-8,13H,9-12,14H2,1-2H3,(H2,22,23,24);1H. The van der Waals surface area contributed by atoms with Gasteiger partial charge in [-0.15, -0.1) is 45.5 Å². The number of rotatable bonds is 9. The summed E-state index contributed by atoms with van der Waals surface area (Å²) >= 11 is 7.88. The Kier molecular flexibility index (Phi) is 10.4. The van der Waals surface area contributed by atoms with Gasteiger partial charge in [0, 0.05) is 18.5 Å². The topological polar surface area (TPSA) is 76.4 Å². The predicted molar refractivity (Wildman–Crippen MR) is 133 cm³/mol. The lowest BCUT2D eigenvalue weighted by molar-refractivity contribution is 0.322. The number of aromatic nitrogens is 3. The average Bonchev–Trinajstić information content (AvgIpc) is 3.35. The van der Waals surface area contributed by atoms with Gasteiger partial charge in [0.1, 0.15) is 24.7 Å². The normalized spacial score (nSPS) is 11.1. The Balaban J connectivity index is 0.00000320. The van der Waals surface area contributed by atoms with Crippen molar-refractivity contribution in [1.29, 1.82) is 0 Å². The minimum atomic E-state index is 0. The molecule has 2 N–H and O–H groups in total. The summed E-state index contributed by atoms with van der Waals surface area (Å²) in [6, 6.07) is 11.6. The average molecular weight is 561 g/mol. The zero-order valence-electron chi connectivity index (χ0n) is 17.0. The number of hydrogen-bond acceptors (Lipinski definition) is 5. The molecule has 0 spiro atoms. The van der Waals surface area contributed by atoms with Crippen molar-refractivity contribution in [3.63, 3.8) is 0 Å². The number of aliphatic imine (C=N–C) groups is 1. The Labute approximate surface area is 202 Å². The summed E-state index contributed by atoms with van der Waals surface area (Å²) in [5.74, 6) is 3.07. The van der Waals surface area contributed by atoms with Crippen LogP contribution in [0.25, 0.3) is 0 Å². The number of aryl methyl sites for hydroxylation is 1. The summed E-state index contributed by atoms with van der Waals surface area (Å²) in [5, 5.41) is 17.6. The lowest BCUT2D eigenvalue weighted by atomic mass is 10.3. The van der Waals surface area contributed by atoms with Crippen molar-refractivity contribution < 1.29 is 4.74 Å². The van der Waals surface area contributed by atoms with E-state index in [2.05, 4.69) is 43.3 Å². The SMILES string of the molecule is Cc1nnc(CN=C(NCCOc2ccccc2Cl)NCCc2cccs2)n1C.I. The Bertz CT molecular complexity index is 931. The molecule has 2 aromatic heterocycles. The van der Waals surface area contributed by atoms with E-state index in [-0.39, 0.29) is 24.0 Å². The van der Waals surface area contributed by atoms with E-state index < -0.39 is 0 Å². The number of para-hydroxylation sites is 1. The second-order valence-corrected chi connectivity index (χ2v) is 7.79. The molecule has 162 valence electrons. The smallest absolute Gasteiger partial charge is 0.191 e. The van der Waals surface area contributed by atoms with Crippen molar-refractivity contribution >= 4 is 52.9 Å². The molecule has 0 fully saturated rings. The van der Waals surface area contributed by atoms with Crippen LogP contribution in [-0.2, 0) is 20.0 Å². The molecule has 0 aliphatic rings. The second kappa shape index (κ2) is 12.8. The molecule has 0 aliphatic carbocycles. The maximum Gasteiger partial charge on any atom is 0.191 e. The monoisotopic (exact) mass is 560 g/mol. The molecule has 0 radical (unpaired) electrons. The fourth-order valence-corrected chi connectivity index (χ4v) is 3.46. The Hall–Kier alpha value is -1.85. The molecular formula is C20H26ClIN6OS. The molecule has 2 heterocycles. The maximum absolute atomic E-state index is 6.12. The number of ether oxygens (including phenoxy) is 1. The van der Waals surface area contributed by atoms with Gasteiger partial charge in [0.2, 0.25) is 0 Å². The molecule has 0 atom stereocenters. The van der Waals surface area contributed by atoms with Crippen LogP contribution in [0.5, 0.6) is 5.75 Å². The zero-order chi connectivity index (χ0) is 20.5. The van der Waals surface area contributed by atoms with E-state index in [0.717, 1.165) is 24.6 Å². The van der Waals surface area contributed by atoms with Crippen molar-refractivity contribution in [3.8, 4) is 5.75 Å². The molecule has 0 saturated carbocycles. The van der Waals surface area contributed by atoms with Gasteiger partial charge in [-0.2, -0.15) is 0 Å². The number of thiophene rings is 1. The lowest BCUT2D eigenvalue weighted by Crippen LogP contribution is -2.40. The fourth-order valence-electron chi connectivity index (χ4n) is 2.56. The third kappa shape index (κ3) is 7.44. The number of nitrogens with zero attached hydrogens (tertiary/aromatic N) is 4. The maximum atomic E-state index is 6.12. The van der Waals surface area contributed by atoms with E-state index in [1.54, 1.807) is 11.3 Å². The molecule has 0 unspecified atom stereocenters. The minimum absolute atomic E-state index is 0. The van der Waals surface area contributed by atoms with E-state index in [9.17, 15) is 0 Å². The van der Waals surface area contributed by atoms with Crippen molar-refractivity contribution in [2.75, 3.05) is 19.7 Å². The highest BCUT2D eigenvalue weighted by molar-refractivity contribution is 14.0. The van der Waals surface area contributed by atoms with Gasteiger partial charge >= 0.3 is 0 Å². The van der Waals surface area contributed by atoms with Crippen LogP contribution < -0.4 is 15.4 Å². The highest BCUT2D eigenvalue weighted by Gasteiger charge is 2.06. The number of benzene rings is 1. The minimum Gasteiger partial charge on any atom is -0.490 e. The van der Waals surface area contributed by atoms with Crippen molar-refractivity contribution in [2.24, 2.45) is 12.0 Å². The molecule has 0 amide bonds. The van der Waals surface area contributed by atoms with Crippen LogP contribution in [0.1, 0.15) is 16.5 Å². The summed E-state index contributed by atoms with van der Waals surface area (Å²) in [6.45, 7) is 4.21. The van der Waals surface area contributed by atoms with E-state index in [1.165, 1.54) is 4.88 Å². The molecule has 30 heavy (non-hydrogen) atoms. The van der Waals surface area contributed by atoms with Gasteiger partial charge in [-0.1, -0.05) is 29.8 Å². The predicted octanol–water partition coefficient (Wildman–Crippen LogP) is 3.81. The Morgan fingerprint density at radius 1 is 1.17 bits per heavy atom.